The summed E-state index contributed by atoms with van der Waals surface area (Å²) in [5, 5.41) is 2.76. The Bertz CT molecular complexity index is 1580. The summed E-state index contributed by atoms with van der Waals surface area (Å²) in [6, 6.07) is 25.4. The van der Waals surface area contributed by atoms with Gasteiger partial charge >= 0.3 is 6.18 Å². The first-order chi connectivity index (χ1) is 18.5. The minimum atomic E-state index is -4.61. The first kappa shape index (κ1) is 27.5. The Morgan fingerprint density at radius 3 is 2.10 bits per heavy atom. The van der Waals surface area contributed by atoms with Crippen molar-refractivity contribution < 1.29 is 31.1 Å². The van der Waals surface area contributed by atoms with Crippen molar-refractivity contribution in [3.63, 3.8) is 0 Å². The first-order valence-electron chi connectivity index (χ1n) is 11.6. The van der Waals surface area contributed by atoms with Gasteiger partial charge in [0.1, 0.15) is 5.75 Å². The maximum Gasteiger partial charge on any atom is 0.416 e. The normalized spacial score (nSPS) is 12.1. The number of rotatable bonds is 8. The van der Waals surface area contributed by atoms with Crippen LogP contribution in [0, 0.1) is 0 Å². The average Bonchev–Trinajstić information content (AvgIpc) is 2.92. The van der Waals surface area contributed by atoms with E-state index >= 15 is 0 Å². The number of hydrogen-bond donors (Lipinski definition) is 2. The van der Waals surface area contributed by atoms with E-state index in [4.69, 9.17) is 4.74 Å². The van der Waals surface area contributed by atoms with Gasteiger partial charge in [0.2, 0.25) is 0 Å². The average molecular weight is 553 g/mol. The van der Waals surface area contributed by atoms with E-state index in [0.717, 1.165) is 17.7 Å². The van der Waals surface area contributed by atoms with Crippen LogP contribution < -0.4 is 14.8 Å². The number of ether oxygens (including phenoxy) is 1. The molecule has 10 heteroatoms. The van der Waals surface area contributed by atoms with Gasteiger partial charge in [-0.1, -0.05) is 48.5 Å². The molecular weight excluding hydrogens is 529 g/mol. The zero-order valence-corrected chi connectivity index (χ0v) is 21.4. The second kappa shape index (κ2) is 11.4. The molecule has 4 aromatic carbocycles. The Kier molecular flexibility index (Phi) is 8.06. The quantitative estimate of drug-likeness (QED) is 0.188. The zero-order chi connectivity index (χ0) is 28.0. The van der Waals surface area contributed by atoms with Crippen LogP contribution in [0.2, 0.25) is 0 Å². The minimum absolute atomic E-state index is 0.185. The largest absolute Gasteiger partial charge is 0.497 e. The van der Waals surface area contributed by atoms with Crippen molar-refractivity contribution in [2.75, 3.05) is 17.1 Å². The molecule has 4 rings (SSSR count). The molecule has 0 unspecified atom stereocenters. The lowest BCUT2D eigenvalue weighted by Gasteiger charge is -2.13. The maximum atomic E-state index is 13.2. The maximum absolute atomic E-state index is 13.2. The van der Waals surface area contributed by atoms with Gasteiger partial charge < -0.3 is 10.1 Å². The van der Waals surface area contributed by atoms with E-state index in [9.17, 15) is 26.4 Å². The van der Waals surface area contributed by atoms with Gasteiger partial charge in [-0.2, -0.15) is 13.2 Å². The standard InChI is InChI=1S/C29H23F3N2O4S/c1-38-25-14-10-20(11-15-25)18-27(21-6-3-2-4-7-21)28(35)33-23-12-16-26(17-13-23)39(36,37)34-24-9-5-8-22(19-24)29(30,31)32/h2-19,34H,1H3,(H,33,35)/b27-18+. The molecule has 6 nitrogen and oxygen atoms in total. The molecule has 0 saturated heterocycles. The van der Waals surface area contributed by atoms with E-state index in [1.165, 1.54) is 30.3 Å². The molecule has 2 N–H and O–H groups in total. The molecular formula is C29H23F3N2O4S. The molecule has 0 fully saturated rings. The van der Waals surface area contributed by atoms with Gasteiger partial charge in [-0.05, 0) is 71.8 Å². The highest BCUT2D eigenvalue weighted by Crippen LogP contribution is 2.31. The number of sulfonamides is 1. The van der Waals surface area contributed by atoms with Crippen molar-refractivity contribution in [2.24, 2.45) is 0 Å². The van der Waals surface area contributed by atoms with Crippen LogP contribution in [0.25, 0.3) is 11.6 Å². The van der Waals surface area contributed by atoms with E-state index < -0.39 is 27.7 Å². The highest BCUT2D eigenvalue weighted by Gasteiger charge is 2.30. The summed E-state index contributed by atoms with van der Waals surface area (Å²) in [5.41, 5.74) is 0.955. The van der Waals surface area contributed by atoms with Gasteiger partial charge in [0.25, 0.3) is 15.9 Å². The first-order valence-corrected chi connectivity index (χ1v) is 13.1. The summed E-state index contributed by atoms with van der Waals surface area (Å²) in [6.07, 6.45) is -2.89. The van der Waals surface area contributed by atoms with Crippen molar-refractivity contribution in [1.29, 1.82) is 0 Å². The van der Waals surface area contributed by atoms with Gasteiger partial charge in [-0.15, -0.1) is 0 Å². The number of benzene rings is 4. The molecule has 0 aliphatic carbocycles. The molecule has 200 valence electrons. The lowest BCUT2D eigenvalue weighted by atomic mass is 10.0. The van der Waals surface area contributed by atoms with Gasteiger partial charge in [0.05, 0.1) is 17.6 Å². The van der Waals surface area contributed by atoms with Crippen LogP contribution in [-0.2, 0) is 21.0 Å². The SMILES string of the molecule is COc1ccc(/C=C(/C(=O)Nc2ccc(S(=O)(=O)Nc3cccc(C(F)(F)F)c3)cc2)c2ccccc2)cc1. The van der Waals surface area contributed by atoms with Gasteiger partial charge in [-0.25, -0.2) is 8.42 Å². The number of halogens is 3. The van der Waals surface area contributed by atoms with Crippen molar-refractivity contribution in [2.45, 2.75) is 11.1 Å². The number of anilines is 2. The fourth-order valence-corrected chi connectivity index (χ4v) is 4.70. The smallest absolute Gasteiger partial charge is 0.416 e. The monoisotopic (exact) mass is 552 g/mol. The van der Waals surface area contributed by atoms with E-state index in [-0.39, 0.29) is 10.6 Å². The molecule has 0 aliphatic heterocycles. The van der Waals surface area contributed by atoms with Crippen LogP contribution in [0.4, 0.5) is 24.5 Å². The second-order valence-electron chi connectivity index (χ2n) is 8.36. The molecule has 0 radical (unpaired) electrons. The topological polar surface area (TPSA) is 84.5 Å². The van der Waals surface area contributed by atoms with Crippen molar-refractivity contribution in [3.8, 4) is 5.75 Å². The van der Waals surface area contributed by atoms with E-state index in [1.807, 2.05) is 30.3 Å². The second-order valence-corrected chi connectivity index (χ2v) is 10.0. The van der Waals surface area contributed by atoms with Crippen LogP contribution in [0.15, 0.2) is 108 Å². The lowest BCUT2D eigenvalue weighted by molar-refractivity contribution is -0.137. The molecule has 0 bridgehead atoms. The molecule has 0 aliphatic rings. The molecule has 0 aromatic heterocycles. The number of alkyl halides is 3. The number of nitrogens with one attached hydrogen (secondary N) is 2. The Hall–Kier alpha value is -4.57. The number of carbonyl (C=O) groups excluding carboxylic acids is 1. The Labute approximate surface area is 223 Å². The molecule has 0 atom stereocenters. The van der Waals surface area contributed by atoms with Crippen LogP contribution in [0.3, 0.4) is 0 Å². The molecule has 0 heterocycles. The van der Waals surface area contributed by atoms with E-state index in [1.54, 1.807) is 37.5 Å². The van der Waals surface area contributed by atoms with Gasteiger partial charge in [0, 0.05) is 16.9 Å². The Morgan fingerprint density at radius 1 is 0.821 bits per heavy atom. The fourth-order valence-electron chi connectivity index (χ4n) is 3.65. The van der Waals surface area contributed by atoms with Crippen molar-refractivity contribution in [1.82, 2.24) is 0 Å². The zero-order valence-electron chi connectivity index (χ0n) is 20.6. The number of amides is 1. The number of hydrogen-bond acceptors (Lipinski definition) is 4. The third kappa shape index (κ3) is 7.05. The lowest BCUT2D eigenvalue weighted by Crippen LogP contribution is -2.15. The van der Waals surface area contributed by atoms with Crippen LogP contribution in [0.1, 0.15) is 16.7 Å². The predicted molar refractivity (Wildman–Crippen MR) is 145 cm³/mol. The van der Waals surface area contributed by atoms with Crippen molar-refractivity contribution >= 4 is 39.0 Å². The van der Waals surface area contributed by atoms with Gasteiger partial charge in [0.15, 0.2) is 0 Å². The molecule has 0 spiro atoms. The summed E-state index contributed by atoms with van der Waals surface area (Å²) in [4.78, 5) is 13.1. The Morgan fingerprint density at radius 2 is 1.49 bits per heavy atom. The number of methoxy groups -OCH3 is 1. The molecule has 1 amide bonds. The third-order valence-electron chi connectivity index (χ3n) is 5.62. The summed E-state index contributed by atoms with van der Waals surface area (Å²) < 4.78 is 71.7. The highest BCUT2D eigenvalue weighted by molar-refractivity contribution is 7.92. The molecule has 0 saturated carbocycles. The summed E-state index contributed by atoms with van der Waals surface area (Å²) in [5.74, 6) is 0.255. The van der Waals surface area contributed by atoms with Crippen LogP contribution in [-0.4, -0.2) is 21.4 Å². The summed E-state index contributed by atoms with van der Waals surface area (Å²) in [7, 11) is -2.62. The van der Waals surface area contributed by atoms with E-state index in [0.29, 0.717) is 28.6 Å². The highest BCUT2D eigenvalue weighted by atomic mass is 32.2. The van der Waals surface area contributed by atoms with E-state index in [2.05, 4.69) is 10.0 Å². The summed E-state index contributed by atoms with van der Waals surface area (Å²) in [6.45, 7) is 0. The molecule has 39 heavy (non-hydrogen) atoms. The Balaban J connectivity index is 1.54. The summed E-state index contributed by atoms with van der Waals surface area (Å²) >= 11 is 0. The fraction of sp³-hybridized carbons (Fsp3) is 0.0690. The minimum Gasteiger partial charge on any atom is -0.497 e. The number of carbonyl (C=O) groups is 1. The van der Waals surface area contributed by atoms with Gasteiger partial charge in [-0.3, -0.25) is 9.52 Å². The predicted octanol–water partition coefficient (Wildman–Crippen LogP) is 6.69. The molecule has 4 aromatic rings. The van der Waals surface area contributed by atoms with Crippen LogP contribution >= 0.6 is 0 Å². The third-order valence-corrected chi connectivity index (χ3v) is 7.02. The van der Waals surface area contributed by atoms with Crippen LogP contribution in [0.5, 0.6) is 5.75 Å². The van der Waals surface area contributed by atoms with Crippen molar-refractivity contribution in [3.05, 3.63) is 120 Å².